The van der Waals surface area contributed by atoms with Gasteiger partial charge < -0.3 is 4.74 Å². The topological polar surface area (TPSA) is 43.4 Å². The standard InChI is InChI=1S/C11H10ClFO3/c1-2-16-11(15)5-9-7(6-14)3-8(13)4-10(9)12/h3-4,6H,2,5H2,1H3. The minimum absolute atomic E-state index is 0.0511. The molecule has 0 bridgehead atoms. The van der Waals surface area contributed by atoms with Crippen molar-refractivity contribution >= 4 is 23.9 Å². The number of rotatable bonds is 4. The highest BCUT2D eigenvalue weighted by atomic mass is 35.5. The predicted octanol–water partition coefficient (Wildman–Crippen LogP) is 2.40. The fraction of sp³-hybridized carbons (Fsp3) is 0.273. The maximum absolute atomic E-state index is 12.9. The largest absolute Gasteiger partial charge is 0.466 e. The second kappa shape index (κ2) is 5.61. The number of carbonyl (C=O) groups excluding carboxylic acids is 2. The monoisotopic (exact) mass is 244 g/mol. The highest BCUT2D eigenvalue weighted by Crippen LogP contribution is 2.22. The third-order valence-electron chi connectivity index (χ3n) is 1.95. The van der Waals surface area contributed by atoms with Crippen LogP contribution in [0.2, 0.25) is 5.02 Å². The summed E-state index contributed by atoms with van der Waals surface area (Å²) in [5, 5.41) is 0.0511. The molecule has 0 aliphatic heterocycles. The van der Waals surface area contributed by atoms with E-state index in [1.807, 2.05) is 0 Å². The molecule has 86 valence electrons. The Kier molecular flexibility index (Phi) is 4.43. The van der Waals surface area contributed by atoms with Gasteiger partial charge in [0, 0.05) is 10.6 Å². The number of esters is 1. The summed E-state index contributed by atoms with van der Waals surface area (Å²) in [5.74, 6) is -1.11. The number of aldehydes is 1. The third kappa shape index (κ3) is 3.03. The molecule has 0 aliphatic rings. The average Bonchev–Trinajstić information content (AvgIpc) is 2.22. The first-order valence-corrected chi connectivity index (χ1v) is 5.05. The van der Waals surface area contributed by atoms with Gasteiger partial charge in [-0.25, -0.2) is 4.39 Å². The van der Waals surface area contributed by atoms with Gasteiger partial charge in [-0.2, -0.15) is 0 Å². The maximum atomic E-state index is 12.9. The van der Waals surface area contributed by atoms with Crippen molar-refractivity contribution in [1.29, 1.82) is 0 Å². The van der Waals surface area contributed by atoms with Crippen molar-refractivity contribution in [3.8, 4) is 0 Å². The minimum Gasteiger partial charge on any atom is -0.466 e. The van der Waals surface area contributed by atoms with Crippen molar-refractivity contribution in [3.05, 3.63) is 34.1 Å². The molecule has 0 radical (unpaired) electrons. The Hall–Kier alpha value is -1.42. The Morgan fingerprint density at radius 3 is 2.81 bits per heavy atom. The van der Waals surface area contributed by atoms with Gasteiger partial charge in [0.05, 0.1) is 13.0 Å². The van der Waals surface area contributed by atoms with Crippen molar-refractivity contribution in [2.24, 2.45) is 0 Å². The van der Waals surface area contributed by atoms with Crippen LogP contribution in [0.4, 0.5) is 4.39 Å². The molecule has 16 heavy (non-hydrogen) atoms. The molecule has 0 N–H and O–H groups in total. The maximum Gasteiger partial charge on any atom is 0.310 e. The molecule has 0 saturated heterocycles. The fourth-order valence-corrected chi connectivity index (χ4v) is 1.55. The summed E-state index contributed by atoms with van der Waals surface area (Å²) >= 11 is 5.75. The Labute approximate surface area is 97.2 Å². The van der Waals surface area contributed by atoms with E-state index in [9.17, 15) is 14.0 Å². The lowest BCUT2D eigenvalue weighted by Crippen LogP contribution is -2.10. The number of hydrogen-bond acceptors (Lipinski definition) is 3. The van der Waals surface area contributed by atoms with Crippen molar-refractivity contribution < 1.29 is 18.7 Å². The molecule has 0 aliphatic carbocycles. The van der Waals surface area contributed by atoms with E-state index in [1.54, 1.807) is 6.92 Å². The van der Waals surface area contributed by atoms with Gasteiger partial charge in [-0.15, -0.1) is 0 Å². The molecular formula is C11H10ClFO3. The van der Waals surface area contributed by atoms with Gasteiger partial charge in [-0.05, 0) is 24.6 Å². The molecule has 5 heteroatoms. The van der Waals surface area contributed by atoms with Crippen LogP contribution in [0.25, 0.3) is 0 Å². The zero-order chi connectivity index (χ0) is 12.1. The molecule has 0 unspecified atom stereocenters. The molecular weight excluding hydrogens is 235 g/mol. The lowest BCUT2D eigenvalue weighted by molar-refractivity contribution is -0.142. The van der Waals surface area contributed by atoms with Crippen molar-refractivity contribution in [1.82, 2.24) is 0 Å². The van der Waals surface area contributed by atoms with Crippen LogP contribution in [0.1, 0.15) is 22.8 Å². The second-order valence-corrected chi connectivity index (χ2v) is 3.46. The highest BCUT2D eigenvalue weighted by Gasteiger charge is 2.13. The van der Waals surface area contributed by atoms with E-state index < -0.39 is 11.8 Å². The van der Waals surface area contributed by atoms with Crippen LogP contribution in [0.3, 0.4) is 0 Å². The highest BCUT2D eigenvalue weighted by molar-refractivity contribution is 6.31. The number of halogens is 2. The summed E-state index contributed by atoms with van der Waals surface area (Å²) in [4.78, 5) is 21.9. The van der Waals surface area contributed by atoms with E-state index in [0.717, 1.165) is 12.1 Å². The van der Waals surface area contributed by atoms with E-state index >= 15 is 0 Å². The quantitative estimate of drug-likeness (QED) is 0.603. The third-order valence-corrected chi connectivity index (χ3v) is 2.29. The first-order chi connectivity index (χ1) is 7.58. The smallest absolute Gasteiger partial charge is 0.310 e. The molecule has 1 aromatic carbocycles. The molecule has 3 nitrogen and oxygen atoms in total. The number of hydrogen-bond donors (Lipinski definition) is 0. The summed E-state index contributed by atoms with van der Waals surface area (Å²) in [6.45, 7) is 1.92. The molecule has 0 aromatic heterocycles. The Morgan fingerprint density at radius 2 is 2.25 bits per heavy atom. The van der Waals surface area contributed by atoms with Gasteiger partial charge in [-0.3, -0.25) is 9.59 Å². The van der Waals surface area contributed by atoms with Gasteiger partial charge in [-0.1, -0.05) is 11.6 Å². The average molecular weight is 245 g/mol. The molecule has 0 amide bonds. The van der Waals surface area contributed by atoms with E-state index in [0.29, 0.717) is 6.29 Å². The molecule has 0 heterocycles. The Balaban J connectivity index is 3.02. The minimum atomic E-state index is -0.611. The molecule has 0 saturated carbocycles. The lowest BCUT2D eigenvalue weighted by Gasteiger charge is -2.07. The van der Waals surface area contributed by atoms with Crippen LogP contribution in [-0.4, -0.2) is 18.9 Å². The van der Waals surface area contributed by atoms with Crippen LogP contribution < -0.4 is 0 Å². The summed E-state index contributed by atoms with van der Waals surface area (Å²) in [6, 6.07) is 2.09. The van der Waals surface area contributed by atoms with Gasteiger partial charge in [0.15, 0.2) is 6.29 Å². The zero-order valence-corrected chi connectivity index (χ0v) is 9.38. The van der Waals surface area contributed by atoms with Crippen LogP contribution in [0.5, 0.6) is 0 Å². The van der Waals surface area contributed by atoms with E-state index in [-0.39, 0.29) is 29.2 Å². The first-order valence-electron chi connectivity index (χ1n) is 4.67. The summed E-state index contributed by atoms with van der Waals surface area (Å²) in [5.41, 5.74) is 0.356. The molecule has 0 fully saturated rings. The van der Waals surface area contributed by atoms with E-state index in [4.69, 9.17) is 16.3 Å². The fourth-order valence-electron chi connectivity index (χ4n) is 1.27. The SMILES string of the molecule is CCOC(=O)Cc1c(Cl)cc(F)cc1C=O. The zero-order valence-electron chi connectivity index (χ0n) is 8.63. The van der Waals surface area contributed by atoms with Crippen molar-refractivity contribution in [3.63, 3.8) is 0 Å². The van der Waals surface area contributed by atoms with Crippen LogP contribution in [-0.2, 0) is 16.0 Å². The van der Waals surface area contributed by atoms with Crippen LogP contribution in [0.15, 0.2) is 12.1 Å². The van der Waals surface area contributed by atoms with Crippen molar-refractivity contribution in [2.45, 2.75) is 13.3 Å². The van der Waals surface area contributed by atoms with Crippen LogP contribution >= 0.6 is 11.6 Å². The summed E-state index contributed by atoms with van der Waals surface area (Å²) in [6.07, 6.45) is 0.324. The lowest BCUT2D eigenvalue weighted by atomic mass is 10.1. The van der Waals surface area contributed by atoms with Gasteiger partial charge in [0.1, 0.15) is 5.82 Å². The molecule has 0 atom stereocenters. The van der Waals surface area contributed by atoms with Gasteiger partial charge >= 0.3 is 5.97 Å². The molecule has 0 spiro atoms. The first kappa shape index (κ1) is 12.6. The Bertz CT molecular complexity index is 418. The summed E-state index contributed by atoms with van der Waals surface area (Å²) in [7, 11) is 0. The predicted molar refractivity (Wildman–Crippen MR) is 57.1 cm³/mol. The normalized spacial score (nSPS) is 9.94. The van der Waals surface area contributed by atoms with Gasteiger partial charge in [0.25, 0.3) is 0 Å². The van der Waals surface area contributed by atoms with Crippen LogP contribution in [0, 0.1) is 5.82 Å². The molecule has 1 rings (SSSR count). The number of benzene rings is 1. The van der Waals surface area contributed by atoms with Gasteiger partial charge in [0.2, 0.25) is 0 Å². The Morgan fingerprint density at radius 1 is 1.56 bits per heavy atom. The number of ether oxygens (including phenoxy) is 1. The number of carbonyl (C=O) groups is 2. The van der Waals surface area contributed by atoms with E-state index in [2.05, 4.69) is 0 Å². The van der Waals surface area contributed by atoms with Crippen molar-refractivity contribution in [2.75, 3.05) is 6.61 Å². The summed E-state index contributed by atoms with van der Waals surface area (Å²) < 4.78 is 17.6. The second-order valence-electron chi connectivity index (χ2n) is 3.06. The molecule has 1 aromatic rings. The van der Waals surface area contributed by atoms with E-state index in [1.165, 1.54) is 0 Å².